The summed E-state index contributed by atoms with van der Waals surface area (Å²) in [6.07, 6.45) is 7.14. The number of halogens is 1. The van der Waals surface area contributed by atoms with Crippen LogP contribution in [0.25, 0.3) is 0 Å². The number of carbonyl (C=O) groups is 2. The van der Waals surface area contributed by atoms with Gasteiger partial charge >= 0.3 is 0 Å². The third-order valence-corrected chi connectivity index (χ3v) is 8.27. The summed E-state index contributed by atoms with van der Waals surface area (Å²) in [5.41, 5.74) is -1.23. The summed E-state index contributed by atoms with van der Waals surface area (Å²) < 4.78 is 15.3. The van der Waals surface area contributed by atoms with Crippen molar-refractivity contribution in [1.82, 2.24) is 0 Å². The quantitative estimate of drug-likeness (QED) is 0.790. The topological polar surface area (TPSA) is 54.4 Å². The molecule has 1 N–H and O–H groups in total. The second-order valence-electron chi connectivity index (χ2n) is 9.11. The molecule has 0 spiro atoms. The molecular formula is C21H27FO3. The van der Waals surface area contributed by atoms with Crippen molar-refractivity contribution in [1.29, 1.82) is 0 Å². The Labute approximate surface area is 148 Å². The van der Waals surface area contributed by atoms with Gasteiger partial charge in [-0.2, -0.15) is 0 Å². The number of rotatable bonds is 1. The van der Waals surface area contributed by atoms with E-state index in [1.165, 1.54) is 6.92 Å². The van der Waals surface area contributed by atoms with Crippen molar-refractivity contribution >= 4 is 11.6 Å². The molecule has 4 aliphatic carbocycles. The number of carbonyl (C=O) groups excluding carboxylic acids is 2. The lowest BCUT2D eigenvalue weighted by Gasteiger charge is -2.58. The standard InChI is InChI=1S/C21H27FO3/c1-12(23)21(25)9-6-16-18-15(5-8-20(16,21)3)19(2)7-4-14(24)10-13(19)11-17(18)22/h4,7,10,15-18,25H,5-6,8-9,11H2,1-3H3/t15-,16-,17+,18+,19-,20-,21-/m0/s1. The molecule has 3 fully saturated rings. The fourth-order valence-corrected chi connectivity index (χ4v) is 6.72. The second-order valence-corrected chi connectivity index (χ2v) is 9.11. The van der Waals surface area contributed by atoms with E-state index >= 15 is 4.39 Å². The average Bonchev–Trinajstić information content (AvgIpc) is 2.82. The van der Waals surface area contributed by atoms with Gasteiger partial charge in [0.1, 0.15) is 11.8 Å². The molecule has 7 atom stereocenters. The van der Waals surface area contributed by atoms with Gasteiger partial charge in [-0.1, -0.05) is 25.5 Å². The zero-order valence-electron chi connectivity index (χ0n) is 15.2. The molecule has 0 bridgehead atoms. The Morgan fingerprint density at radius 1 is 1.24 bits per heavy atom. The van der Waals surface area contributed by atoms with Gasteiger partial charge in [-0.05, 0) is 62.5 Å². The van der Waals surface area contributed by atoms with Gasteiger partial charge in [-0.3, -0.25) is 9.59 Å². The number of Topliss-reactive ketones (excluding diaryl/α,β-unsaturated/α-hetero) is 1. The second kappa shape index (κ2) is 5.12. The molecule has 4 heteroatoms. The molecule has 3 nitrogen and oxygen atoms in total. The largest absolute Gasteiger partial charge is 0.382 e. The molecule has 0 aromatic rings. The van der Waals surface area contributed by atoms with Crippen molar-refractivity contribution in [2.75, 3.05) is 0 Å². The van der Waals surface area contributed by atoms with E-state index in [2.05, 4.69) is 6.92 Å². The first-order chi connectivity index (χ1) is 11.6. The molecule has 0 aromatic heterocycles. The van der Waals surface area contributed by atoms with Crippen LogP contribution in [0.3, 0.4) is 0 Å². The van der Waals surface area contributed by atoms with Crippen molar-refractivity contribution in [3.63, 3.8) is 0 Å². The molecule has 0 aliphatic heterocycles. The van der Waals surface area contributed by atoms with Crippen molar-refractivity contribution in [3.05, 3.63) is 23.8 Å². The van der Waals surface area contributed by atoms with Crippen LogP contribution in [0.15, 0.2) is 23.8 Å². The fourth-order valence-electron chi connectivity index (χ4n) is 6.72. The summed E-state index contributed by atoms with van der Waals surface area (Å²) in [6.45, 7) is 5.58. The zero-order chi connectivity index (χ0) is 18.2. The lowest BCUT2D eigenvalue weighted by molar-refractivity contribution is -0.162. The van der Waals surface area contributed by atoms with Crippen molar-refractivity contribution < 1.29 is 19.1 Å². The van der Waals surface area contributed by atoms with Crippen LogP contribution in [-0.2, 0) is 9.59 Å². The minimum absolute atomic E-state index is 0.0135. The van der Waals surface area contributed by atoms with Gasteiger partial charge in [0.05, 0.1) is 0 Å². The zero-order valence-corrected chi connectivity index (χ0v) is 15.2. The van der Waals surface area contributed by atoms with Crippen LogP contribution >= 0.6 is 0 Å². The van der Waals surface area contributed by atoms with Crippen molar-refractivity contribution in [2.24, 2.45) is 28.6 Å². The van der Waals surface area contributed by atoms with Gasteiger partial charge in [0.15, 0.2) is 11.6 Å². The third kappa shape index (κ3) is 2.00. The molecular weight excluding hydrogens is 319 g/mol. The number of ketones is 2. The molecule has 3 saturated carbocycles. The average molecular weight is 346 g/mol. The number of hydrogen-bond donors (Lipinski definition) is 1. The Morgan fingerprint density at radius 2 is 1.92 bits per heavy atom. The molecule has 0 saturated heterocycles. The first kappa shape index (κ1) is 17.1. The highest BCUT2D eigenvalue weighted by molar-refractivity contribution is 6.01. The molecule has 136 valence electrons. The summed E-state index contributed by atoms with van der Waals surface area (Å²) in [5, 5.41) is 11.1. The molecule has 0 aromatic carbocycles. The molecule has 25 heavy (non-hydrogen) atoms. The minimum atomic E-state index is -1.32. The molecule has 0 amide bonds. The Morgan fingerprint density at radius 3 is 2.60 bits per heavy atom. The Balaban J connectivity index is 1.76. The van der Waals surface area contributed by atoms with Gasteiger partial charge in [0.25, 0.3) is 0 Å². The lowest BCUT2D eigenvalue weighted by atomic mass is 9.46. The summed E-state index contributed by atoms with van der Waals surface area (Å²) in [6, 6.07) is 0. The fraction of sp³-hybridized carbons (Fsp3) is 0.714. The Kier molecular flexibility index (Phi) is 3.51. The Hall–Kier alpha value is -1.29. The molecule has 0 heterocycles. The van der Waals surface area contributed by atoms with Crippen molar-refractivity contribution in [2.45, 2.75) is 64.6 Å². The lowest BCUT2D eigenvalue weighted by Crippen LogP contribution is -2.58. The number of aliphatic hydroxyl groups is 1. The summed E-state index contributed by atoms with van der Waals surface area (Å²) >= 11 is 0. The Bertz CT molecular complexity index is 710. The predicted molar refractivity (Wildman–Crippen MR) is 92.5 cm³/mol. The predicted octanol–water partition coefficient (Wildman–Crippen LogP) is 3.56. The molecule has 4 rings (SSSR count). The number of allylic oxidation sites excluding steroid dienone is 4. The highest BCUT2D eigenvalue weighted by Gasteiger charge is 2.67. The van der Waals surface area contributed by atoms with Crippen LogP contribution in [0, 0.1) is 28.6 Å². The SMILES string of the molecule is CC(=O)[C@@]1(O)CC[C@H]2[C@@H]3[C@H](F)CC4=CC(=O)C=C[C@]4(C)[C@H]3CC[C@@]21C. The van der Waals surface area contributed by atoms with Crippen LogP contribution in [0.1, 0.15) is 52.9 Å². The van der Waals surface area contributed by atoms with Crippen molar-refractivity contribution in [3.8, 4) is 0 Å². The van der Waals surface area contributed by atoms with Crippen LogP contribution in [0.4, 0.5) is 4.39 Å². The van der Waals surface area contributed by atoms with Gasteiger partial charge < -0.3 is 5.11 Å². The van der Waals surface area contributed by atoms with E-state index in [-0.39, 0.29) is 34.7 Å². The molecule has 0 radical (unpaired) electrons. The van der Waals surface area contributed by atoms with E-state index in [9.17, 15) is 14.7 Å². The maximum Gasteiger partial charge on any atom is 0.178 e. The highest BCUT2D eigenvalue weighted by atomic mass is 19.1. The first-order valence-corrected chi connectivity index (χ1v) is 9.45. The molecule has 0 unspecified atom stereocenters. The summed E-state index contributed by atoms with van der Waals surface area (Å²) in [7, 11) is 0. The van der Waals surface area contributed by atoms with Gasteiger partial charge in [-0.25, -0.2) is 4.39 Å². The van der Waals surface area contributed by atoms with E-state index in [4.69, 9.17) is 0 Å². The highest BCUT2D eigenvalue weighted by Crippen LogP contribution is 2.67. The van der Waals surface area contributed by atoms with E-state index in [1.54, 1.807) is 12.2 Å². The van der Waals surface area contributed by atoms with Gasteiger partial charge in [0, 0.05) is 17.3 Å². The monoisotopic (exact) mass is 346 g/mol. The summed E-state index contributed by atoms with van der Waals surface area (Å²) in [5.74, 6) is -0.256. The number of fused-ring (bicyclic) bond motifs is 5. The van der Waals surface area contributed by atoms with Gasteiger partial charge in [0.2, 0.25) is 0 Å². The van der Waals surface area contributed by atoms with E-state index in [1.807, 2.05) is 13.0 Å². The van der Waals surface area contributed by atoms with Gasteiger partial charge in [-0.15, -0.1) is 0 Å². The molecule has 4 aliphatic rings. The maximum absolute atomic E-state index is 15.3. The van der Waals surface area contributed by atoms with E-state index in [0.717, 1.165) is 18.4 Å². The third-order valence-electron chi connectivity index (χ3n) is 8.27. The van der Waals surface area contributed by atoms with Crippen LogP contribution < -0.4 is 0 Å². The minimum Gasteiger partial charge on any atom is -0.382 e. The number of alkyl halides is 1. The number of hydrogen-bond acceptors (Lipinski definition) is 3. The van der Waals surface area contributed by atoms with Crippen LogP contribution in [0.2, 0.25) is 0 Å². The normalized spacial score (nSPS) is 51.4. The van der Waals surface area contributed by atoms with E-state index in [0.29, 0.717) is 19.3 Å². The smallest absolute Gasteiger partial charge is 0.178 e. The first-order valence-electron chi connectivity index (χ1n) is 9.45. The summed E-state index contributed by atoms with van der Waals surface area (Å²) in [4.78, 5) is 24.0. The van der Waals surface area contributed by atoms with Crippen LogP contribution in [-0.4, -0.2) is 28.4 Å². The maximum atomic E-state index is 15.3. The van der Waals surface area contributed by atoms with Crippen LogP contribution in [0.5, 0.6) is 0 Å². The van der Waals surface area contributed by atoms with E-state index < -0.39 is 17.2 Å².